The molecule has 0 saturated heterocycles. The summed E-state index contributed by atoms with van der Waals surface area (Å²) in [5.41, 5.74) is 21.1. The highest BCUT2D eigenvalue weighted by Gasteiger charge is 2.15. The van der Waals surface area contributed by atoms with E-state index in [0.29, 0.717) is 0 Å². The average Bonchev–Trinajstić information content (AvgIpc) is 3.44. The fourth-order valence-electron chi connectivity index (χ4n) is 8.76. The molecule has 2 nitrogen and oxygen atoms in total. The molecule has 73 heavy (non-hydrogen) atoms. The molecule has 2 heteroatoms. The van der Waals surface area contributed by atoms with E-state index in [4.69, 9.17) is 0 Å². The molecule has 0 heterocycles. The second-order valence-electron chi connectivity index (χ2n) is 18.6. The topological polar surface area (TPSA) is 6.48 Å². The standard InChI is InChI=1S/C57H46N2.C14H16/c1-41-9-28-52(29-10-41)58(56-36-25-49(26-37-56)48-23-21-47(22-24-48)46-7-5-4-6-8-46)55-34-18-44(19-35-55)15-16-45-17-20-51-40-57(38-27-50(51)39-45)59(53-30-11-42(2)12-31-53)54-32-13-43(3)14-33-54;1-4-12(2)10-11-13(3)14-8-6-5-7-9-14/h4-40H,1-3H3;4-11H,3H2,1-2H3/b16-15+;11-10-,12-4-. The zero-order valence-corrected chi connectivity index (χ0v) is 42.6. The van der Waals surface area contributed by atoms with Gasteiger partial charge in [-0.05, 0) is 169 Å². The third-order valence-electron chi connectivity index (χ3n) is 13.2. The monoisotopic (exact) mass is 942 g/mol. The Morgan fingerprint density at radius 2 is 0.712 bits per heavy atom. The maximum Gasteiger partial charge on any atom is 0.0468 e. The van der Waals surface area contributed by atoms with Crippen LogP contribution in [0.4, 0.5) is 34.1 Å². The Bertz CT molecular complexity index is 3450. The first-order chi connectivity index (χ1) is 35.7. The Kier molecular flexibility index (Phi) is 15.6. The van der Waals surface area contributed by atoms with Crippen LogP contribution in [0.1, 0.15) is 47.2 Å². The summed E-state index contributed by atoms with van der Waals surface area (Å²) in [7, 11) is 0. The van der Waals surface area contributed by atoms with Crippen molar-refractivity contribution >= 4 is 62.6 Å². The van der Waals surface area contributed by atoms with Crippen LogP contribution in [0.15, 0.2) is 273 Å². The number of fused-ring (bicyclic) bond motifs is 1. The third kappa shape index (κ3) is 12.5. The summed E-state index contributed by atoms with van der Waals surface area (Å²) in [6.45, 7) is 14.5. The van der Waals surface area contributed by atoms with Gasteiger partial charge in [-0.15, -0.1) is 0 Å². The van der Waals surface area contributed by atoms with E-state index in [1.165, 1.54) is 66.4 Å². The number of allylic oxidation sites excluding steroid dienone is 5. The lowest BCUT2D eigenvalue weighted by Gasteiger charge is -2.26. The van der Waals surface area contributed by atoms with Crippen molar-refractivity contribution in [2.75, 3.05) is 9.80 Å². The van der Waals surface area contributed by atoms with E-state index < -0.39 is 0 Å². The Morgan fingerprint density at radius 3 is 1.21 bits per heavy atom. The molecule has 0 saturated carbocycles. The van der Waals surface area contributed by atoms with Crippen molar-refractivity contribution in [2.24, 2.45) is 0 Å². The number of rotatable bonds is 13. The van der Waals surface area contributed by atoms with E-state index in [1.807, 2.05) is 31.2 Å². The smallest absolute Gasteiger partial charge is 0.0468 e. The van der Waals surface area contributed by atoms with Crippen molar-refractivity contribution in [1.29, 1.82) is 0 Å². The number of nitrogens with zero attached hydrogens (tertiary/aromatic N) is 2. The molecule has 0 radical (unpaired) electrons. The molecule has 0 unspecified atom stereocenters. The number of anilines is 6. The molecule has 0 aliphatic heterocycles. The summed E-state index contributed by atoms with van der Waals surface area (Å²) < 4.78 is 0. The SMILES string of the molecule is C=C(/C=C\C(C)=C/C)c1ccccc1.Cc1ccc(N(c2ccc(/C=C/c3ccc4cc(N(c5ccc(C)cc5)c5ccc(C)cc5)ccc4c3)cc2)c2ccc(-c3ccc(-c4ccccc4)cc3)cc2)cc1. The van der Waals surface area contributed by atoms with Gasteiger partial charge in [-0.2, -0.15) is 0 Å². The van der Waals surface area contributed by atoms with Crippen LogP contribution in [-0.2, 0) is 0 Å². The summed E-state index contributed by atoms with van der Waals surface area (Å²) in [4.78, 5) is 4.66. The van der Waals surface area contributed by atoms with Gasteiger partial charge in [0, 0.05) is 34.1 Å². The molecule has 0 atom stereocenters. The second-order valence-corrected chi connectivity index (χ2v) is 18.6. The summed E-state index contributed by atoms with van der Waals surface area (Å²) in [6, 6.07) is 87.0. The Balaban J connectivity index is 0.000000407. The van der Waals surface area contributed by atoms with Crippen molar-refractivity contribution in [1.82, 2.24) is 0 Å². The van der Waals surface area contributed by atoms with Crippen LogP contribution in [0.5, 0.6) is 0 Å². The first-order valence-corrected chi connectivity index (χ1v) is 25.1. The first-order valence-electron chi connectivity index (χ1n) is 25.1. The number of hydrogen-bond acceptors (Lipinski definition) is 2. The first kappa shape index (κ1) is 49.0. The molecular formula is C71H62N2. The van der Waals surface area contributed by atoms with Crippen LogP contribution in [0.3, 0.4) is 0 Å². The fourth-order valence-corrected chi connectivity index (χ4v) is 8.76. The molecule has 10 aromatic rings. The maximum absolute atomic E-state index is 4.02. The number of aryl methyl sites for hydroxylation is 3. The highest BCUT2D eigenvalue weighted by atomic mass is 15.1. The van der Waals surface area contributed by atoms with Gasteiger partial charge in [0.05, 0.1) is 0 Å². The number of benzene rings is 10. The molecule has 0 aliphatic rings. The predicted octanol–water partition coefficient (Wildman–Crippen LogP) is 20.4. The van der Waals surface area contributed by atoms with E-state index in [0.717, 1.165) is 45.3 Å². The van der Waals surface area contributed by atoms with Gasteiger partial charge in [0.2, 0.25) is 0 Å². The van der Waals surface area contributed by atoms with Crippen molar-refractivity contribution in [3.05, 3.63) is 306 Å². The van der Waals surface area contributed by atoms with Gasteiger partial charge in [0.15, 0.2) is 0 Å². The molecule has 0 N–H and O–H groups in total. The van der Waals surface area contributed by atoms with Gasteiger partial charge in [-0.1, -0.05) is 223 Å². The normalized spacial score (nSPS) is 11.4. The van der Waals surface area contributed by atoms with Crippen LogP contribution in [-0.4, -0.2) is 0 Å². The van der Waals surface area contributed by atoms with Gasteiger partial charge >= 0.3 is 0 Å². The van der Waals surface area contributed by atoms with Crippen LogP contribution in [0.2, 0.25) is 0 Å². The molecule has 0 spiro atoms. The largest absolute Gasteiger partial charge is 0.311 e. The maximum atomic E-state index is 4.02. The Hall–Kier alpha value is -8.98. The van der Waals surface area contributed by atoms with Crippen molar-refractivity contribution in [3.63, 3.8) is 0 Å². The molecular weight excluding hydrogens is 881 g/mol. The van der Waals surface area contributed by atoms with Crippen LogP contribution in [0.25, 0.3) is 50.8 Å². The lowest BCUT2D eigenvalue weighted by atomic mass is 10.00. The summed E-state index contributed by atoms with van der Waals surface area (Å²) in [5, 5.41) is 2.42. The average molecular weight is 943 g/mol. The summed E-state index contributed by atoms with van der Waals surface area (Å²) >= 11 is 0. The zero-order valence-electron chi connectivity index (χ0n) is 42.6. The fraction of sp³-hybridized carbons (Fsp3) is 0.0704. The van der Waals surface area contributed by atoms with Crippen LogP contribution >= 0.6 is 0 Å². The van der Waals surface area contributed by atoms with Crippen molar-refractivity contribution in [3.8, 4) is 22.3 Å². The summed E-state index contributed by atoms with van der Waals surface area (Å²) in [5.74, 6) is 0. The third-order valence-corrected chi connectivity index (χ3v) is 13.2. The van der Waals surface area contributed by atoms with E-state index in [2.05, 4.69) is 293 Å². The zero-order chi connectivity index (χ0) is 50.5. The molecule has 356 valence electrons. The van der Waals surface area contributed by atoms with Gasteiger partial charge in [0.25, 0.3) is 0 Å². The molecule has 0 fully saturated rings. The minimum absolute atomic E-state index is 1.05. The summed E-state index contributed by atoms with van der Waals surface area (Å²) in [6.07, 6.45) is 10.6. The minimum Gasteiger partial charge on any atom is -0.311 e. The number of hydrogen-bond donors (Lipinski definition) is 0. The van der Waals surface area contributed by atoms with Crippen LogP contribution in [0, 0.1) is 20.8 Å². The molecule has 0 bridgehead atoms. The van der Waals surface area contributed by atoms with Gasteiger partial charge in [-0.25, -0.2) is 0 Å². The molecule has 0 aliphatic carbocycles. The van der Waals surface area contributed by atoms with E-state index in [1.54, 1.807) is 0 Å². The van der Waals surface area contributed by atoms with Crippen molar-refractivity contribution in [2.45, 2.75) is 34.6 Å². The van der Waals surface area contributed by atoms with Crippen molar-refractivity contribution < 1.29 is 0 Å². The molecule has 0 aromatic heterocycles. The van der Waals surface area contributed by atoms with Gasteiger partial charge in [-0.3, -0.25) is 0 Å². The highest BCUT2D eigenvalue weighted by Crippen LogP contribution is 2.38. The van der Waals surface area contributed by atoms with Gasteiger partial charge in [0.1, 0.15) is 0 Å². The lowest BCUT2D eigenvalue weighted by Crippen LogP contribution is -2.09. The minimum atomic E-state index is 1.05. The second kappa shape index (κ2) is 23.3. The molecule has 0 amide bonds. The predicted molar refractivity (Wildman–Crippen MR) is 318 cm³/mol. The Labute approximate surface area is 433 Å². The molecule has 10 aromatic carbocycles. The Morgan fingerprint density at radius 1 is 0.356 bits per heavy atom. The van der Waals surface area contributed by atoms with Gasteiger partial charge < -0.3 is 9.80 Å². The van der Waals surface area contributed by atoms with E-state index in [-0.39, 0.29) is 0 Å². The molecule has 10 rings (SSSR count). The van der Waals surface area contributed by atoms with E-state index in [9.17, 15) is 0 Å². The lowest BCUT2D eigenvalue weighted by molar-refractivity contribution is 1.27. The van der Waals surface area contributed by atoms with E-state index >= 15 is 0 Å². The highest BCUT2D eigenvalue weighted by molar-refractivity contribution is 5.91. The van der Waals surface area contributed by atoms with Crippen LogP contribution < -0.4 is 9.80 Å². The quantitative estimate of drug-likeness (QED) is 0.0839.